The number of hydrogen-bond donors (Lipinski definition) is 2. The Kier molecular flexibility index (Phi) is 8.63. The van der Waals surface area contributed by atoms with Crippen LogP contribution in [0.3, 0.4) is 0 Å². The zero-order chi connectivity index (χ0) is 13.5. The molecule has 1 atom stereocenters. The van der Waals surface area contributed by atoms with Gasteiger partial charge in [0, 0.05) is 31.6 Å². The lowest BCUT2D eigenvalue weighted by Crippen LogP contribution is -2.39. The highest BCUT2D eigenvalue weighted by molar-refractivity contribution is 14.0. The van der Waals surface area contributed by atoms with Gasteiger partial charge in [0.1, 0.15) is 5.15 Å². The number of hydrogen-bond acceptors (Lipinski definition) is 3. The molecule has 1 aromatic rings. The fourth-order valence-corrected chi connectivity index (χ4v) is 3.25. The summed E-state index contributed by atoms with van der Waals surface area (Å²) in [5, 5.41) is 7.88. The Bertz CT molecular complexity index is 421. The van der Waals surface area contributed by atoms with Crippen LogP contribution in [0.5, 0.6) is 0 Å². The molecule has 1 saturated heterocycles. The van der Waals surface area contributed by atoms with Gasteiger partial charge in [-0.3, -0.25) is 4.99 Å². The molecule has 1 aliphatic heterocycles. The molecule has 1 aromatic heterocycles. The zero-order valence-electron chi connectivity index (χ0n) is 11.4. The Labute approximate surface area is 146 Å². The van der Waals surface area contributed by atoms with Crippen molar-refractivity contribution in [1.82, 2.24) is 15.6 Å². The highest BCUT2D eigenvalue weighted by Crippen LogP contribution is 2.25. The van der Waals surface area contributed by atoms with Crippen LogP contribution >= 0.6 is 47.3 Å². The lowest BCUT2D eigenvalue weighted by molar-refractivity contribution is 0.725. The van der Waals surface area contributed by atoms with Gasteiger partial charge in [0.05, 0.1) is 0 Å². The predicted octanol–water partition coefficient (Wildman–Crippen LogP) is 2.91. The molecule has 0 spiro atoms. The quantitative estimate of drug-likeness (QED) is 0.336. The summed E-state index contributed by atoms with van der Waals surface area (Å²) < 4.78 is 0. The van der Waals surface area contributed by atoms with E-state index in [1.165, 1.54) is 18.6 Å². The molecule has 0 amide bonds. The summed E-state index contributed by atoms with van der Waals surface area (Å²) in [6.07, 6.45) is 4.41. The van der Waals surface area contributed by atoms with Gasteiger partial charge in [-0.1, -0.05) is 17.7 Å². The second-order valence-electron chi connectivity index (χ2n) is 4.43. The number of pyridine rings is 1. The van der Waals surface area contributed by atoms with E-state index in [1.54, 1.807) is 19.3 Å². The van der Waals surface area contributed by atoms with E-state index in [2.05, 4.69) is 20.6 Å². The van der Waals surface area contributed by atoms with E-state index < -0.39 is 0 Å². The molecule has 112 valence electrons. The van der Waals surface area contributed by atoms with Gasteiger partial charge >= 0.3 is 0 Å². The van der Waals surface area contributed by atoms with E-state index in [1.807, 2.05) is 17.8 Å². The summed E-state index contributed by atoms with van der Waals surface area (Å²) in [5.41, 5.74) is 1.09. The number of aromatic nitrogens is 1. The molecule has 1 aliphatic rings. The molecule has 20 heavy (non-hydrogen) atoms. The van der Waals surface area contributed by atoms with Gasteiger partial charge in [-0.2, -0.15) is 11.8 Å². The van der Waals surface area contributed by atoms with E-state index in [4.69, 9.17) is 11.6 Å². The molecule has 0 aliphatic carbocycles. The van der Waals surface area contributed by atoms with Crippen LogP contribution in [0.25, 0.3) is 0 Å². The van der Waals surface area contributed by atoms with Crippen molar-refractivity contribution in [3.05, 3.63) is 29.0 Å². The topological polar surface area (TPSA) is 49.3 Å². The van der Waals surface area contributed by atoms with Gasteiger partial charge in [0.2, 0.25) is 0 Å². The third kappa shape index (κ3) is 6.05. The smallest absolute Gasteiger partial charge is 0.191 e. The largest absolute Gasteiger partial charge is 0.355 e. The summed E-state index contributed by atoms with van der Waals surface area (Å²) >= 11 is 7.80. The van der Waals surface area contributed by atoms with Gasteiger partial charge in [-0.05, 0) is 30.2 Å². The first-order valence-corrected chi connectivity index (χ1v) is 7.87. The Morgan fingerprint density at radius 2 is 2.35 bits per heavy atom. The van der Waals surface area contributed by atoms with Crippen molar-refractivity contribution in [3.8, 4) is 0 Å². The maximum absolute atomic E-state index is 5.75. The van der Waals surface area contributed by atoms with E-state index in [9.17, 15) is 0 Å². The molecule has 0 saturated carbocycles. The Balaban J connectivity index is 0.00000200. The van der Waals surface area contributed by atoms with Crippen molar-refractivity contribution in [3.63, 3.8) is 0 Å². The van der Waals surface area contributed by atoms with Gasteiger partial charge in [0.15, 0.2) is 5.96 Å². The molecule has 2 N–H and O–H groups in total. The minimum atomic E-state index is 0. The van der Waals surface area contributed by atoms with E-state index in [0.29, 0.717) is 11.7 Å². The molecule has 0 aromatic carbocycles. The first kappa shape index (κ1) is 17.8. The van der Waals surface area contributed by atoms with Crippen LogP contribution in [0.15, 0.2) is 23.3 Å². The highest BCUT2D eigenvalue weighted by atomic mass is 127. The summed E-state index contributed by atoms with van der Waals surface area (Å²) in [6, 6.07) is 3.76. The van der Waals surface area contributed by atoms with Crippen LogP contribution in [0.2, 0.25) is 5.15 Å². The van der Waals surface area contributed by atoms with Crippen molar-refractivity contribution in [2.24, 2.45) is 4.99 Å². The zero-order valence-corrected chi connectivity index (χ0v) is 15.3. The molecule has 2 heterocycles. The molecule has 0 bridgehead atoms. The van der Waals surface area contributed by atoms with Crippen LogP contribution < -0.4 is 10.6 Å². The van der Waals surface area contributed by atoms with Gasteiger partial charge < -0.3 is 10.6 Å². The van der Waals surface area contributed by atoms with Crippen LogP contribution in [0.1, 0.15) is 18.4 Å². The minimum Gasteiger partial charge on any atom is -0.355 e. The lowest BCUT2D eigenvalue weighted by Gasteiger charge is -2.14. The average molecular weight is 427 g/mol. The van der Waals surface area contributed by atoms with Gasteiger partial charge in [-0.25, -0.2) is 4.98 Å². The van der Waals surface area contributed by atoms with Crippen LogP contribution in [-0.2, 0) is 6.54 Å². The monoisotopic (exact) mass is 426 g/mol. The maximum atomic E-state index is 5.75. The Morgan fingerprint density at radius 1 is 1.50 bits per heavy atom. The van der Waals surface area contributed by atoms with Gasteiger partial charge in [-0.15, -0.1) is 24.0 Å². The molecule has 1 unspecified atom stereocenters. The molecule has 2 rings (SSSR count). The van der Waals surface area contributed by atoms with Gasteiger partial charge in [0.25, 0.3) is 0 Å². The normalized spacial score (nSPS) is 18.5. The third-order valence-electron chi connectivity index (χ3n) is 2.99. The number of nitrogens with one attached hydrogen (secondary N) is 2. The fourth-order valence-electron chi connectivity index (χ4n) is 1.93. The highest BCUT2D eigenvalue weighted by Gasteiger charge is 2.15. The molecular formula is C13H20ClIN4S. The first-order chi connectivity index (χ1) is 9.28. The van der Waals surface area contributed by atoms with Crippen molar-refractivity contribution in [1.29, 1.82) is 0 Å². The number of guanidine groups is 1. The number of nitrogens with zero attached hydrogens (tertiary/aromatic N) is 2. The SMILES string of the molecule is CN=C(NCc1ccc(Cl)nc1)NCC1CCCS1.I. The predicted molar refractivity (Wildman–Crippen MR) is 98.3 cm³/mol. The molecule has 0 radical (unpaired) electrons. The van der Waals surface area contributed by atoms with E-state index in [0.717, 1.165) is 23.3 Å². The standard InChI is InChI=1S/C13H19ClN4S.HI/c1-15-13(18-9-11-3-2-6-19-11)17-8-10-4-5-12(14)16-7-10;/h4-5,7,11H,2-3,6,8-9H2,1H3,(H2,15,17,18);1H. The van der Waals surface area contributed by atoms with E-state index >= 15 is 0 Å². The molecule has 4 nitrogen and oxygen atoms in total. The van der Waals surface area contributed by atoms with Crippen molar-refractivity contribution >= 4 is 53.3 Å². The lowest BCUT2D eigenvalue weighted by atomic mass is 10.2. The second-order valence-corrected chi connectivity index (χ2v) is 6.23. The third-order valence-corrected chi connectivity index (χ3v) is 4.62. The number of rotatable bonds is 4. The molecular weight excluding hydrogens is 407 g/mol. The number of halogens is 2. The van der Waals surface area contributed by atoms with Crippen LogP contribution in [0.4, 0.5) is 0 Å². The number of aliphatic imine (C=N–C) groups is 1. The fraction of sp³-hybridized carbons (Fsp3) is 0.538. The average Bonchev–Trinajstić information content (AvgIpc) is 2.94. The summed E-state index contributed by atoms with van der Waals surface area (Å²) in [7, 11) is 1.79. The second kappa shape index (κ2) is 9.68. The summed E-state index contributed by atoms with van der Waals surface area (Å²) in [4.78, 5) is 8.27. The Hall–Kier alpha value is -0.210. The first-order valence-electron chi connectivity index (χ1n) is 6.44. The molecule has 1 fully saturated rings. The summed E-state index contributed by atoms with van der Waals surface area (Å²) in [5.74, 6) is 2.12. The van der Waals surface area contributed by atoms with E-state index in [-0.39, 0.29) is 24.0 Å². The van der Waals surface area contributed by atoms with Crippen LogP contribution in [0, 0.1) is 0 Å². The van der Waals surface area contributed by atoms with Crippen molar-refractivity contribution in [2.45, 2.75) is 24.6 Å². The minimum absolute atomic E-state index is 0. The maximum Gasteiger partial charge on any atom is 0.191 e. The Morgan fingerprint density at radius 3 is 2.95 bits per heavy atom. The van der Waals surface area contributed by atoms with Crippen LogP contribution in [-0.4, -0.2) is 35.5 Å². The summed E-state index contributed by atoms with van der Waals surface area (Å²) in [6.45, 7) is 1.67. The molecule has 7 heteroatoms. The van der Waals surface area contributed by atoms with Crippen molar-refractivity contribution < 1.29 is 0 Å². The number of thioether (sulfide) groups is 1. The van der Waals surface area contributed by atoms with Crippen molar-refractivity contribution in [2.75, 3.05) is 19.3 Å².